The van der Waals surface area contributed by atoms with Crippen molar-refractivity contribution in [3.63, 3.8) is 0 Å². The Kier molecular flexibility index (Phi) is 5.97. The molecule has 0 saturated carbocycles. The fraction of sp³-hybridized carbons (Fsp3) is 0.136. The van der Waals surface area contributed by atoms with E-state index in [0.717, 1.165) is 16.7 Å². The monoisotopic (exact) mass is 481 g/mol. The summed E-state index contributed by atoms with van der Waals surface area (Å²) in [7, 11) is 1.77. The quantitative estimate of drug-likeness (QED) is 0.334. The second kappa shape index (κ2) is 8.37. The molecule has 0 amide bonds. The van der Waals surface area contributed by atoms with Crippen molar-refractivity contribution in [3.8, 4) is 0 Å². The molecule has 0 fully saturated rings. The van der Waals surface area contributed by atoms with E-state index in [0.29, 0.717) is 22.3 Å². The van der Waals surface area contributed by atoms with Gasteiger partial charge in [0, 0.05) is 12.6 Å². The predicted octanol–water partition coefficient (Wildman–Crippen LogP) is 6.62. The van der Waals surface area contributed by atoms with E-state index in [2.05, 4.69) is 10.4 Å². The lowest BCUT2D eigenvalue weighted by Crippen LogP contribution is -2.42. The Hall–Kier alpha value is -1.82. The smallest absolute Gasteiger partial charge is 0.235 e. The first-order chi connectivity index (χ1) is 14.3. The summed E-state index contributed by atoms with van der Waals surface area (Å²) in [6.07, 6.45) is 0.710. The average Bonchev–Trinajstić information content (AvgIpc) is 3.00. The van der Waals surface area contributed by atoms with Gasteiger partial charge in [-0.05, 0) is 41.8 Å². The largest absolute Gasteiger partial charge is 0.292 e. The second-order valence-corrected chi connectivity index (χ2v) is 8.72. The SMILES string of the molecule is CN1NC(Cl)(c2c(F)cccc2Cl)N=C1c1ccc(Cc2ccc(Cl)c(Cl)c2)cc1. The van der Waals surface area contributed by atoms with Gasteiger partial charge in [0.15, 0.2) is 0 Å². The first-order valence-electron chi connectivity index (χ1n) is 9.05. The first kappa shape index (κ1) is 21.4. The molecule has 0 aromatic heterocycles. The lowest BCUT2D eigenvalue weighted by molar-refractivity contribution is 0.318. The number of hydrogen-bond donors (Lipinski definition) is 1. The summed E-state index contributed by atoms with van der Waals surface area (Å²) in [4.78, 5) is 4.54. The molecule has 0 saturated heterocycles. The van der Waals surface area contributed by atoms with Crippen molar-refractivity contribution in [2.45, 2.75) is 11.5 Å². The zero-order valence-electron chi connectivity index (χ0n) is 15.8. The van der Waals surface area contributed by atoms with Gasteiger partial charge in [-0.15, -0.1) is 0 Å². The highest BCUT2D eigenvalue weighted by Crippen LogP contribution is 2.38. The van der Waals surface area contributed by atoms with E-state index in [1.807, 2.05) is 36.4 Å². The molecular weight excluding hydrogens is 467 g/mol. The van der Waals surface area contributed by atoms with Crippen molar-refractivity contribution in [2.24, 2.45) is 4.99 Å². The standard InChI is InChI=1S/C22H16Cl4FN3/c1-30-21(28-22(26,29-30)20-17(24)3-2-4-19(20)27)15-8-5-13(6-9-15)11-14-7-10-16(23)18(25)12-14/h2-10,12,29H,11H2,1H3. The van der Waals surface area contributed by atoms with Crippen LogP contribution in [0.3, 0.4) is 0 Å². The summed E-state index contributed by atoms with van der Waals surface area (Å²) in [6, 6.07) is 17.9. The Bertz CT molecular complexity index is 1110. The van der Waals surface area contributed by atoms with E-state index >= 15 is 0 Å². The van der Waals surface area contributed by atoms with Crippen LogP contribution in [0.4, 0.5) is 4.39 Å². The third kappa shape index (κ3) is 4.16. The van der Waals surface area contributed by atoms with Gasteiger partial charge in [-0.3, -0.25) is 5.01 Å². The molecule has 3 nitrogen and oxygen atoms in total. The van der Waals surface area contributed by atoms with Crippen LogP contribution < -0.4 is 5.43 Å². The van der Waals surface area contributed by atoms with Crippen LogP contribution in [0.25, 0.3) is 0 Å². The molecule has 0 aliphatic carbocycles. The minimum Gasteiger partial charge on any atom is -0.292 e. The van der Waals surface area contributed by atoms with Crippen molar-refractivity contribution in [2.75, 3.05) is 7.05 Å². The van der Waals surface area contributed by atoms with Crippen LogP contribution in [0, 0.1) is 5.82 Å². The zero-order valence-corrected chi connectivity index (χ0v) is 18.8. The highest BCUT2D eigenvalue weighted by Gasteiger charge is 2.41. The molecule has 1 aliphatic heterocycles. The molecule has 1 N–H and O–H groups in total. The van der Waals surface area contributed by atoms with Gasteiger partial charge in [0.25, 0.3) is 0 Å². The van der Waals surface area contributed by atoms with Crippen LogP contribution in [-0.2, 0) is 11.5 Å². The van der Waals surface area contributed by atoms with Gasteiger partial charge in [0.2, 0.25) is 5.12 Å². The summed E-state index contributed by atoms with van der Waals surface area (Å²) in [5.41, 5.74) is 6.06. The molecule has 0 spiro atoms. The Balaban J connectivity index is 1.60. The average molecular weight is 483 g/mol. The van der Waals surface area contributed by atoms with Crippen LogP contribution in [0.2, 0.25) is 15.1 Å². The highest BCUT2D eigenvalue weighted by atomic mass is 35.5. The number of hydrogen-bond acceptors (Lipinski definition) is 3. The molecule has 30 heavy (non-hydrogen) atoms. The topological polar surface area (TPSA) is 27.6 Å². The van der Waals surface area contributed by atoms with E-state index in [4.69, 9.17) is 46.4 Å². The molecule has 3 aromatic carbocycles. The molecule has 1 heterocycles. The number of nitrogens with zero attached hydrogens (tertiary/aromatic N) is 2. The zero-order chi connectivity index (χ0) is 21.5. The van der Waals surface area contributed by atoms with Crippen LogP contribution in [0.15, 0.2) is 65.7 Å². The van der Waals surface area contributed by atoms with E-state index < -0.39 is 10.9 Å². The van der Waals surface area contributed by atoms with Gasteiger partial charge in [0.1, 0.15) is 11.7 Å². The first-order valence-corrected chi connectivity index (χ1v) is 10.6. The van der Waals surface area contributed by atoms with Crippen LogP contribution in [0.1, 0.15) is 22.3 Å². The van der Waals surface area contributed by atoms with Gasteiger partial charge in [-0.1, -0.05) is 82.8 Å². The van der Waals surface area contributed by atoms with Crippen molar-refractivity contribution < 1.29 is 4.39 Å². The maximum Gasteiger partial charge on any atom is 0.235 e. The minimum absolute atomic E-state index is 0.0893. The summed E-state index contributed by atoms with van der Waals surface area (Å²) in [5.74, 6) is 0.0470. The maximum absolute atomic E-state index is 14.4. The van der Waals surface area contributed by atoms with Crippen molar-refractivity contribution in [3.05, 3.63) is 104 Å². The molecule has 4 rings (SSSR count). The molecule has 8 heteroatoms. The summed E-state index contributed by atoms with van der Waals surface area (Å²) < 4.78 is 14.4. The lowest BCUT2D eigenvalue weighted by atomic mass is 10.0. The molecule has 154 valence electrons. The van der Waals surface area contributed by atoms with Gasteiger partial charge in [-0.25, -0.2) is 9.38 Å². The van der Waals surface area contributed by atoms with E-state index in [1.165, 1.54) is 12.1 Å². The van der Waals surface area contributed by atoms with Gasteiger partial charge >= 0.3 is 0 Å². The summed E-state index contributed by atoms with van der Waals surface area (Å²) in [5, 5.41) is 1.40. The number of nitrogens with one attached hydrogen (secondary N) is 1. The highest BCUT2D eigenvalue weighted by molar-refractivity contribution is 6.42. The van der Waals surface area contributed by atoms with E-state index in [-0.39, 0.29) is 10.6 Å². The Morgan fingerprint density at radius 1 is 0.933 bits per heavy atom. The van der Waals surface area contributed by atoms with Crippen LogP contribution in [0.5, 0.6) is 0 Å². The van der Waals surface area contributed by atoms with Crippen molar-refractivity contribution in [1.82, 2.24) is 10.4 Å². The third-order valence-corrected chi connectivity index (χ3v) is 6.20. The number of hydrazine groups is 1. The third-order valence-electron chi connectivity index (χ3n) is 4.79. The van der Waals surface area contributed by atoms with Gasteiger partial charge in [-0.2, -0.15) is 5.43 Å². The maximum atomic E-state index is 14.4. The molecule has 3 aromatic rings. The van der Waals surface area contributed by atoms with E-state index in [9.17, 15) is 4.39 Å². The Morgan fingerprint density at radius 3 is 2.30 bits per heavy atom. The van der Waals surface area contributed by atoms with Gasteiger partial charge in [0.05, 0.1) is 20.6 Å². The molecular formula is C22H16Cl4FN3. The number of aliphatic imine (C=N–C) groups is 1. The number of halogens is 5. The predicted molar refractivity (Wildman–Crippen MR) is 122 cm³/mol. The molecule has 0 radical (unpaired) electrons. The Morgan fingerprint density at radius 2 is 1.63 bits per heavy atom. The van der Waals surface area contributed by atoms with Gasteiger partial charge < -0.3 is 0 Å². The second-order valence-electron chi connectivity index (χ2n) is 6.95. The van der Waals surface area contributed by atoms with Crippen molar-refractivity contribution >= 4 is 52.2 Å². The minimum atomic E-state index is -1.52. The Labute approximate surface area is 194 Å². The fourth-order valence-corrected chi connectivity index (χ4v) is 4.43. The fourth-order valence-electron chi connectivity index (χ4n) is 3.36. The molecule has 1 atom stereocenters. The van der Waals surface area contributed by atoms with Crippen LogP contribution in [-0.4, -0.2) is 17.9 Å². The van der Waals surface area contributed by atoms with E-state index in [1.54, 1.807) is 24.2 Å². The van der Waals surface area contributed by atoms with Crippen LogP contribution >= 0.6 is 46.4 Å². The molecule has 1 unspecified atom stereocenters. The van der Waals surface area contributed by atoms with Crippen molar-refractivity contribution in [1.29, 1.82) is 0 Å². The number of benzene rings is 3. The number of rotatable bonds is 4. The number of alkyl halides is 1. The number of amidine groups is 1. The molecule has 1 aliphatic rings. The summed E-state index contributed by atoms with van der Waals surface area (Å²) in [6.45, 7) is 0. The normalized spacial score (nSPS) is 18.6. The molecule has 0 bridgehead atoms. The summed E-state index contributed by atoms with van der Waals surface area (Å²) >= 11 is 24.9. The lowest BCUT2D eigenvalue weighted by Gasteiger charge is -2.23.